The average Bonchev–Trinajstić information content (AvgIpc) is 2.80. The molecule has 0 spiro atoms. The number of hydrogen-bond acceptors (Lipinski definition) is 4. The molecule has 1 atom stereocenters. The molecule has 6 nitrogen and oxygen atoms in total. The highest BCUT2D eigenvalue weighted by molar-refractivity contribution is 5.79. The molecule has 2 heterocycles. The number of carbonyl (C=O) groups excluding carboxylic acids is 1. The minimum atomic E-state index is -0.478. The Labute approximate surface area is 130 Å². The van der Waals surface area contributed by atoms with E-state index < -0.39 is 11.7 Å². The van der Waals surface area contributed by atoms with Crippen molar-refractivity contribution in [2.24, 2.45) is 0 Å². The first-order chi connectivity index (χ1) is 10.3. The monoisotopic (exact) mass is 304 g/mol. The fourth-order valence-corrected chi connectivity index (χ4v) is 2.14. The van der Waals surface area contributed by atoms with Gasteiger partial charge in [0.05, 0.1) is 0 Å². The number of fused-ring (bicyclic) bond motifs is 1. The van der Waals surface area contributed by atoms with Gasteiger partial charge in [-0.1, -0.05) is 0 Å². The molecule has 0 saturated heterocycles. The summed E-state index contributed by atoms with van der Waals surface area (Å²) in [6.45, 7) is 8.85. The van der Waals surface area contributed by atoms with Gasteiger partial charge in [0.15, 0.2) is 0 Å². The van der Waals surface area contributed by atoms with Crippen LogP contribution in [0.2, 0.25) is 0 Å². The smallest absolute Gasteiger partial charge is 0.407 e. The van der Waals surface area contributed by atoms with Crippen LogP contribution in [0.15, 0.2) is 24.5 Å². The Hall–Kier alpha value is -2.08. The van der Waals surface area contributed by atoms with Gasteiger partial charge in [0, 0.05) is 36.9 Å². The van der Waals surface area contributed by atoms with Crippen molar-refractivity contribution in [1.82, 2.24) is 20.6 Å². The number of pyridine rings is 1. The molecule has 1 unspecified atom stereocenters. The second kappa shape index (κ2) is 6.79. The van der Waals surface area contributed by atoms with Crippen LogP contribution in [0.25, 0.3) is 11.0 Å². The quantitative estimate of drug-likeness (QED) is 0.793. The van der Waals surface area contributed by atoms with Gasteiger partial charge in [0.25, 0.3) is 0 Å². The summed E-state index contributed by atoms with van der Waals surface area (Å²) < 4.78 is 5.23. The number of aromatic nitrogens is 2. The Morgan fingerprint density at radius 2 is 2.23 bits per heavy atom. The van der Waals surface area contributed by atoms with E-state index in [1.165, 1.54) is 0 Å². The normalized spacial score (nSPS) is 13.1. The molecular formula is C16H24N4O2. The number of carbonyl (C=O) groups is 1. The second-order valence-electron chi connectivity index (χ2n) is 6.39. The molecule has 2 aromatic rings. The molecule has 0 aliphatic carbocycles. The standard InChI is InChI=1S/C16H24N4O2/c1-11(20-15(21)22-16(2,3)4)8-17-9-12-10-19-14-13(12)6-5-7-18-14/h5-7,10-11,17H,8-9H2,1-4H3,(H,18,19)(H,20,21). The van der Waals surface area contributed by atoms with Crippen molar-refractivity contribution in [2.45, 2.75) is 45.9 Å². The highest BCUT2D eigenvalue weighted by Crippen LogP contribution is 2.15. The van der Waals surface area contributed by atoms with Crippen LogP contribution >= 0.6 is 0 Å². The van der Waals surface area contributed by atoms with E-state index >= 15 is 0 Å². The minimum absolute atomic E-state index is 0.0156. The van der Waals surface area contributed by atoms with Crippen molar-refractivity contribution in [3.8, 4) is 0 Å². The molecule has 0 bridgehead atoms. The van der Waals surface area contributed by atoms with Gasteiger partial charge in [0.2, 0.25) is 0 Å². The SMILES string of the molecule is CC(CNCc1c[nH]c2ncccc12)NC(=O)OC(C)(C)C. The van der Waals surface area contributed by atoms with Crippen LogP contribution in [0, 0.1) is 0 Å². The first-order valence-electron chi connectivity index (χ1n) is 7.46. The maximum Gasteiger partial charge on any atom is 0.407 e. The first-order valence-corrected chi connectivity index (χ1v) is 7.46. The van der Waals surface area contributed by atoms with Crippen LogP contribution < -0.4 is 10.6 Å². The molecule has 0 radical (unpaired) electrons. The summed E-state index contributed by atoms with van der Waals surface area (Å²) in [4.78, 5) is 19.1. The molecule has 0 fully saturated rings. The van der Waals surface area contributed by atoms with Gasteiger partial charge in [-0.3, -0.25) is 0 Å². The Morgan fingerprint density at radius 1 is 1.45 bits per heavy atom. The van der Waals surface area contributed by atoms with Crippen molar-refractivity contribution >= 4 is 17.1 Å². The lowest BCUT2D eigenvalue weighted by Gasteiger charge is -2.22. The largest absolute Gasteiger partial charge is 0.444 e. The van der Waals surface area contributed by atoms with Crippen molar-refractivity contribution in [2.75, 3.05) is 6.54 Å². The molecule has 2 rings (SSSR count). The second-order valence-corrected chi connectivity index (χ2v) is 6.39. The summed E-state index contributed by atoms with van der Waals surface area (Å²) in [7, 11) is 0. The number of amides is 1. The van der Waals surface area contributed by atoms with E-state index in [0.717, 1.165) is 16.6 Å². The van der Waals surface area contributed by atoms with E-state index in [1.807, 2.05) is 46.0 Å². The third-order valence-electron chi connectivity index (χ3n) is 3.07. The molecular weight excluding hydrogens is 280 g/mol. The van der Waals surface area contributed by atoms with Crippen LogP contribution in [0.5, 0.6) is 0 Å². The molecule has 3 N–H and O–H groups in total. The Kier molecular flexibility index (Phi) is 5.03. The lowest BCUT2D eigenvalue weighted by atomic mass is 10.2. The fourth-order valence-electron chi connectivity index (χ4n) is 2.14. The van der Waals surface area contributed by atoms with Crippen LogP contribution in [-0.2, 0) is 11.3 Å². The topological polar surface area (TPSA) is 79.0 Å². The van der Waals surface area contributed by atoms with Crippen LogP contribution in [0.3, 0.4) is 0 Å². The number of hydrogen-bond donors (Lipinski definition) is 3. The first kappa shape index (κ1) is 16.3. The molecule has 0 saturated carbocycles. The summed E-state index contributed by atoms with van der Waals surface area (Å²) in [6, 6.07) is 3.95. The number of ether oxygens (including phenoxy) is 1. The summed E-state index contributed by atoms with van der Waals surface area (Å²) in [5, 5.41) is 7.25. The molecule has 0 aromatic carbocycles. The van der Waals surface area contributed by atoms with Crippen molar-refractivity contribution in [1.29, 1.82) is 0 Å². The predicted molar refractivity (Wildman–Crippen MR) is 86.6 cm³/mol. The van der Waals surface area contributed by atoms with Gasteiger partial charge >= 0.3 is 6.09 Å². The Balaban J connectivity index is 1.77. The van der Waals surface area contributed by atoms with Crippen LogP contribution in [0.4, 0.5) is 4.79 Å². The van der Waals surface area contributed by atoms with Crippen molar-refractivity contribution < 1.29 is 9.53 Å². The van der Waals surface area contributed by atoms with Gasteiger partial charge in [0.1, 0.15) is 11.2 Å². The molecule has 0 aliphatic rings. The summed E-state index contributed by atoms with van der Waals surface area (Å²) in [6.07, 6.45) is 3.33. The van der Waals surface area contributed by atoms with Gasteiger partial charge < -0.3 is 20.4 Å². The van der Waals surface area contributed by atoms with Gasteiger partial charge in [-0.25, -0.2) is 9.78 Å². The zero-order valence-electron chi connectivity index (χ0n) is 13.6. The van der Waals surface area contributed by atoms with E-state index in [0.29, 0.717) is 13.1 Å². The lowest BCUT2D eigenvalue weighted by molar-refractivity contribution is 0.0508. The van der Waals surface area contributed by atoms with E-state index in [4.69, 9.17) is 4.74 Å². The lowest BCUT2D eigenvalue weighted by Crippen LogP contribution is -2.42. The predicted octanol–water partition coefficient (Wildman–Crippen LogP) is 2.57. The number of H-pyrrole nitrogens is 1. The van der Waals surface area contributed by atoms with Gasteiger partial charge in [-0.05, 0) is 45.4 Å². The van der Waals surface area contributed by atoms with Crippen LogP contribution in [-0.4, -0.2) is 34.2 Å². The zero-order valence-corrected chi connectivity index (χ0v) is 13.6. The van der Waals surface area contributed by atoms with E-state index in [2.05, 4.69) is 20.6 Å². The minimum Gasteiger partial charge on any atom is -0.444 e. The number of aromatic amines is 1. The van der Waals surface area contributed by atoms with Crippen LogP contribution in [0.1, 0.15) is 33.3 Å². The number of nitrogens with zero attached hydrogens (tertiary/aromatic N) is 1. The zero-order chi connectivity index (χ0) is 16.2. The number of rotatable bonds is 5. The maximum absolute atomic E-state index is 11.7. The maximum atomic E-state index is 11.7. The van der Waals surface area contributed by atoms with Gasteiger partial charge in [-0.2, -0.15) is 0 Å². The Bertz CT molecular complexity index is 630. The molecule has 0 aliphatic heterocycles. The van der Waals surface area contributed by atoms with Crippen molar-refractivity contribution in [3.63, 3.8) is 0 Å². The molecule has 120 valence electrons. The van der Waals surface area contributed by atoms with E-state index in [1.54, 1.807) is 6.20 Å². The molecule has 22 heavy (non-hydrogen) atoms. The third kappa shape index (κ3) is 4.73. The Morgan fingerprint density at radius 3 is 2.95 bits per heavy atom. The third-order valence-corrected chi connectivity index (χ3v) is 3.07. The highest BCUT2D eigenvalue weighted by atomic mass is 16.6. The van der Waals surface area contributed by atoms with E-state index in [9.17, 15) is 4.79 Å². The molecule has 2 aromatic heterocycles. The summed E-state index contributed by atoms with van der Waals surface area (Å²) in [5.74, 6) is 0. The molecule has 1 amide bonds. The molecule has 6 heteroatoms. The fraction of sp³-hybridized carbons (Fsp3) is 0.500. The average molecular weight is 304 g/mol. The summed E-state index contributed by atoms with van der Waals surface area (Å²) in [5.41, 5.74) is 1.57. The van der Waals surface area contributed by atoms with E-state index in [-0.39, 0.29) is 6.04 Å². The number of nitrogens with one attached hydrogen (secondary N) is 3. The number of alkyl carbamates (subject to hydrolysis) is 1. The highest BCUT2D eigenvalue weighted by Gasteiger charge is 2.17. The van der Waals surface area contributed by atoms with Crippen molar-refractivity contribution in [3.05, 3.63) is 30.1 Å². The van der Waals surface area contributed by atoms with Gasteiger partial charge in [-0.15, -0.1) is 0 Å². The summed E-state index contributed by atoms with van der Waals surface area (Å²) >= 11 is 0.